The molecule has 17 aliphatic rings. The average molecular weight is 717 g/mol. The number of unbranched alkanes of at least 4 members (excludes halogenated alkanes) is 1. The largest absolute Gasteiger partial charge is 0.469 e. The van der Waals surface area contributed by atoms with Gasteiger partial charge in [-0.3, -0.25) is 4.79 Å². The highest BCUT2D eigenvalue weighted by atomic mass is 16.5. The van der Waals surface area contributed by atoms with E-state index >= 15 is 0 Å². The molecule has 0 saturated heterocycles. The first kappa shape index (κ1) is 28.8. The maximum absolute atomic E-state index is 12.5. The molecule has 54 heavy (non-hydrogen) atoms. The molecule has 0 amide bonds. The van der Waals surface area contributed by atoms with Gasteiger partial charge in [-0.15, -0.1) is 0 Å². The van der Waals surface area contributed by atoms with Gasteiger partial charge < -0.3 is 4.74 Å². The molecule has 2 heteroatoms. The zero-order chi connectivity index (χ0) is 34.3. The fourth-order valence-electron chi connectivity index (χ4n) is 28.0. The van der Waals surface area contributed by atoms with Crippen molar-refractivity contribution in [3.05, 3.63) is 47.5 Å². The van der Waals surface area contributed by atoms with Gasteiger partial charge in [-0.25, -0.2) is 0 Å². The molecule has 0 aromatic heterocycles. The van der Waals surface area contributed by atoms with Crippen LogP contribution in [0.25, 0.3) is 0 Å². The summed E-state index contributed by atoms with van der Waals surface area (Å²) in [5.41, 5.74) is 5.01. The molecule has 16 fully saturated rings. The molecule has 17 aliphatic carbocycles. The highest BCUT2D eigenvalue weighted by molar-refractivity contribution is 5.69. The number of hydrogen-bond acceptors (Lipinski definition) is 2. The van der Waals surface area contributed by atoms with E-state index in [1.807, 2.05) is 0 Å². The highest BCUT2D eigenvalue weighted by Gasteiger charge is 3.00. The van der Waals surface area contributed by atoms with Crippen LogP contribution in [0.5, 0.6) is 0 Å². The van der Waals surface area contributed by atoms with Gasteiger partial charge >= 0.3 is 5.97 Å². The van der Waals surface area contributed by atoms with Crippen LogP contribution in [0.4, 0.5) is 0 Å². The number of hydrogen-bond donors (Lipinski definition) is 0. The van der Waals surface area contributed by atoms with Crippen LogP contribution in [0, 0.1) is 171 Å². The van der Waals surface area contributed by atoms with Crippen molar-refractivity contribution < 1.29 is 9.53 Å². The molecule has 1 aromatic rings. The Labute approximate surface area is 322 Å². The molecule has 0 N–H and O–H groups in total. The quantitative estimate of drug-likeness (QED) is 0.167. The lowest BCUT2D eigenvalue weighted by atomic mass is 9.41. The average Bonchev–Trinajstić information content (AvgIpc) is 3.91. The molecule has 0 aliphatic heterocycles. The Morgan fingerprint density at radius 3 is 1.76 bits per heavy atom. The zero-order valence-electron chi connectivity index (χ0n) is 32.4. The molecule has 1 spiro atoms. The first-order chi connectivity index (χ1) is 26.6. The Balaban J connectivity index is 0.938. The molecule has 16 saturated carbocycles. The number of rotatable bonds is 6. The van der Waals surface area contributed by atoms with Gasteiger partial charge in [0, 0.05) is 22.7 Å². The van der Waals surface area contributed by atoms with Crippen LogP contribution in [-0.2, 0) is 14.9 Å². The molecule has 0 bridgehead atoms. The van der Waals surface area contributed by atoms with Crippen molar-refractivity contribution >= 4 is 5.97 Å². The summed E-state index contributed by atoms with van der Waals surface area (Å²) in [7, 11) is 1.60. The Bertz CT molecular complexity index is 2050. The second-order valence-electron chi connectivity index (χ2n) is 25.2. The predicted molar refractivity (Wildman–Crippen MR) is 203 cm³/mol. The second kappa shape index (κ2) is 8.31. The van der Waals surface area contributed by atoms with Crippen LogP contribution in [0.3, 0.4) is 0 Å². The molecule has 280 valence electrons. The number of allylic oxidation sites excluding steroid dienone is 2. The number of esters is 1. The molecule has 18 rings (SSSR count). The first-order valence-electron chi connectivity index (χ1n) is 24.5. The molecule has 0 heterocycles. The molecule has 2 nitrogen and oxygen atoms in total. The number of carbonyl (C=O) groups excluding carboxylic acids is 1. The molecular formula is C52H60O2. The summed E-state index contributed by atoms with van der Waals surface area (Å²) in [5, 5.41) is 0. The Morgan fingerprint density at radius 1 is 0.593 bits per heavy atom. The number of methoxy groups -OCH3 is 1. The third-order valence-electron chi connectivity index (χ3n) is 26.2. The summed E-state index contributed by atoms with van der Waals surface area (Å²) >= 11 is 0. The normalized spacial score (nSPS) is 71.7. The van der Waals surface area contributed by atoms with Crippen LogP contribution in [0.2, 0.25) is 0 Å². The Morgan fingerprint density at radius 2 is 1.11 bits per heavy atom. The number of benzene rings is 1. The second-order valence-corrected chi connectivity index (χ2v) is 25.2. The van der Waals surface area contributed by atoms with Crippen molar-refractivity contribution in [2.45, 2.75) is 82.5 Å². The minimum absolute atomic E-state index is 0.00658. The van der Waals surface area contributed by atoms with Gasteiger partial charge in [-0.05, 0) is 230 Å². The van der Waals surface area contributed by atoms with Gasteiger partial charge in [0.05, 0.1) is 7.11 Å². The van der Waals surface area contributed by atoms with E-state index < -0.39 is 0 Å². The van der Waals surface area contributed by atoms with Crippen molar-refractivity contribution in [3.8, 4) is 0 Å². The van der Waals surface area contributed by atoms with Crippen molar-refractivity contribution in [3.63, 3.8) is 0 Å². The van der Waals surface area contributed by atoms with Crippen molar-refractivity contribution in [2.24, 2.45) is 171 Å². The summed E-state index contributed by atoms with van der Waals surface area (Å²) in [6.07, 6.45) is 20.5. The molecular weight excluding hydrogens is 657 g/mol. The zero-order valence-corrected chi connectivity index (χ0v) is 32.4. The minimum atomic E-state index is 0.00658. The molecule has 30 atom stereocenters. The maximum Gasteiger partial charge on any atom is 0.305 e. The van der Waals surface area contributed by atoms with Crippen LogP contribution in [0.15, 0.2) is 42.0 Å². The van der Waals surface area contributed by atoms with E-state index in [0.29, 0.717) is 22.7 Å². The smallest absolute Gasteiger partial charge is 0.305 e. The summed E-state index contributed by atoms with van der Waals surface area (Å²) in [5.74, 6) is 29.9. The van der Waals surface area contributed by atoms with Crippen molar-refractivity contribution in [1.82, 2.24) is 0 Å². The Kier molecular flexibility index (Phi) is 4.43. The van der Waals surface area contributed by atoms with Gasteiger partial charge in [0.2, 0.25) is 0 Å². The Hall–Kier alpha value is -1.57. The van der Waals surface area contributed by atoms with Gasteiger partial charge in [0.1, 0.15) is 0 Å². The van der Waals surface area contributed by atoms with E-state index in [-0.39, 0.29) is 5.97 Å². The van der Waals surface area contributed by atoms with Crippen molar-refractivity contribution in [2.75, 3.05) is 7.11 Å². The van der Waals surface area contributed by atoms with Crippen LogP contribution < -0.4 is 0 Å². The van der Waals surface area contributed by atoms with E-state index in [9.17, 15) is 4.79 Å². The van der Waals surface area contributed by atoms with E-state index in [2.05, 4.69) is 42.0 Å². The number of ether oxygens (including phenoxy) is 1. The molecule has 30 unspecified atom stereocenters. The topological polar surface area (TPSA) is 26.3 Å². The standard InChI is InChI=1S/C52H60O2/c1-54-29(53)9-5-6-10-51(28-7-3-2-4-8-28)50-18-26-16-24-14-22-13-23-12-20-11-21-15-25-17-27(19-50)48-46-35(25)39-31(21)30(20)37-34(23)38-32(22)33(24)40-36(26)49(52(48,50)51)47-44(40)42(38)41(37)43(39)45(46)47/h2-4,7-8,19-26,30-49H,5-6,9-18H2,1H3. The first-order valence-corrected chi connectivity index (χ1v) is 24.5. The van der Waals surface area contributed by atoms with Crippen LogP contribution >= 0.6 is 0 Å². The lowest BCUT2D eigenvalue weighted by Crippen LogP contribution is -2.59. The van der Waals surface area contributed by atoms with E-state index in [4.69, 9.17) is 4.74 Å². The maximum atomic E-state index is 12.5. The SMILES string of the molecule is COC(=O)CCCCC1(c2ccccc2)C23C=C4CC5CC6CC7CC8CC9CC%10CC(C2)C2C%11C%10C9C9C8C8C7C6C6C5C5C7C6C8C9C%11C7C2C31C45. The number of carbonyl (C=O) groups is 1. The van der Waals surface area contributed by atoms with Crippen LogP contribution in [0.1, 0.15) is 82.6 Å². The minimum Gasteiger partial charge on any atom is -0.469 e. The third kappa shape index (κ3) is 2.34. The summed E-state index contributed by atoms with van der Waals surface area (Å²) in [6.45, 7) is 0. The lowest BCUT2D eigenvalue weighted by molar-refractivity contribution is -0.154. The van der Waals surface area contributed by atoms with E-state index in [1.54, 1.807) is 57.6 Å². The highest BCUT2D eigenvalue weighted by Crippen LogP contribution is 3.03. The summed E-state index contributed by atoms with van der Waals surface area (Å²) in [4.78, 5) is 12.5. The summed E-state index contributed by atoms with van der Waals surface area (Å²) in [6, 6.07) is 12.5. The van der Waals surface area contributed by atoms with Gasteiger partial charge in [0.25, 0.3) is 0 Å². The van der Waals surface area contributed by atoms with Crippen LogP contribution in [-0.4, -0.2) is 13.1 Å². The lowest BCUT2D eigenvalue weighted by Gasteiger charge is -2.62. The summed E-state index contributed by atoms with van der Waals surface area (Å²) < 4.78 is 5.22. The molecule has 0 radical (unpaired) electrons. The van der Waals surface area contributed by atoms with Gasteiger partial charge in [-0.2, -0.15) is 0 Å². The van der Waals surface area contributed by atoms with Crippen molar-refractivity contribution in [1.29, 1.82) is 0 Å². The predicted octanol–water partition coefficient (Wildman–Crippen LogP) is 9.55. The fourth-order valence-corrected chi connectivity index (χ4v) is 28.0. The fraction of sp³-hybridized carbons (Fsp3) is 0.827. The van der Waals surface area contributed by atoms with E-state index in [0.717, 1.165) is 137 Å². The van der Waals surface area contributed by atoms with Gasteiger partial charge in [0.15, 0.2) is 0 Å². The third-order valence-corrected chi connectivity index (χ3v) is 26.2. The van der Waals surface area contributed by atoms with E-state index in [1.165, 1.54) is 48.9 Å². The monoisotopic (exact) mass is 716 g/mol. The van der Waals surface area contributed by atoms with Gasteiger partial charge in [-0.1, -0.05) is 48.4 Å². The molecule has 1 aromatic carbocycles.